The molecule has 2 rings (SSSR count). The molecular weight excluding hydrogens is 292 g/mol. The molecule has 2 N–H and O–H groups in total. The standard InChI is InChI=1S/C14H19BrN2O/c1-10(2)14(7-8-16-9-14)13(18)17-12-5-3-11(15)4-6-12/h3-6,10,16H,7-9H2,1-2H3,(H,17,18). The molecule has 1 aliphatic rings. The lowest BCUT2D eigenvalue weighted by Gasteiger charge is -2.31. The summed E-state index contributed by atoms with van der Waals surface area (Å²) in [4.78, 5) is 12.5. The van der Waals surface area contributed by atoms with E-state index in [-0.39, 0.29) is 11.3 Å². The molecule has 0 spiro atoms. The molecule has 0 aromatic heterocycles. The number of rotatable bonds is 3. The molecule has 1 aromatic rings. The molecule has 1 fully saturated rings. The number of halogens is 1. The molecule has 4 heteroatoms. The molecule has 0 bridgehead atoms. The van der Waals surface area contributed by atoms with Crippen LogP contribution in [0.15, 0.2) is 28.7 Å². The maximum atomic E-state index is 12.5. The predicted octanol–water partition coefficient (Wildman–Crippen LogP) is 3.02. The molecule has 18 heavy (non-hydrogen) atoms. The van der Waals surface area contributed by atoms with Gasteiger partial charge in [0.15, 0.2) is 0 Å². The van der Waals surface area contributed by atoms with Crippen LogP contribution in [0.1, 0.15) is 20.3 Å². The van der Waals surface area contributed by atoms with Crippen LogP contribution in [-0.2, 0) is 4.79 Å². The summed E-state index contributed by atoms with van der Waals surface area (Å²) in [6.07, 6.45) is 0.910. The number of amides is 1. The van der Waals surface area contributed by atoms with Gasteiger partial charge in [-0.15, -0.1) is 0 Å². The first kappa shape index (κ1) is 13.6. The van der Waals surface area contributed by atoms with Gasteiger partial charge in [-0.3, -0.25) is 4.79 Å². The Bertz CT molecular complexity index is 422. The van der Waals surface area contributed by atoms with Crippen LogP contribution in [0, 0.1) is 11.3 Å². The fourth-order valence-corrected chi connectivity index (χ4v) is 2.71. The van der Waals surface area contributed by atoms with E-state index in [4.69, 9.17) is 0 Å². The third-order valence-corrected chi connectivity index (χ3v) is 4.38. The van der Waals surface area contributed by atoms with Crippen LogP contribution in [0.25, 0.3) is 0 Å². The van der Waals surface area contributed by atoms with Crippen molar-refractivity contribution in [3.63, 3.8) is 0 Å². The molecule has 1 atom stereocenters. The van der Waals surface area contributed by atoms with Gasteiger partial charge < -0.3 is 10.6 Å². The molecule has 0 saturated carbocycles. The highest BCUT2D eigenvalue weighted by molar-refractivity contribution is 9.10. The van der Waals surface area contributed by atoms with Crippen LogP contribution in [-0.4, -0.2) is 19.0 Å². The molecular formula is C14H19BrN2O. The first-order chi connectivity index (χ1) is 8.54. The van der Waals surface area contributed by atoms with Gasteiger partial charge in [-0.2, -0.15) is 0 Å². The van der Waals surface area contributed by atoms with Crippen LogP contribution >= 0.6 is 15.9 Å². The van der Waals surface area contributed by atoms with Crippen molar-refractivity contribution in [2.45, 2.75) is 20.3 Å². The summed E-state index contributed by atoms with van der Waals surface area (Å²) >= 11 is 3.39. The van der Waals surface area contributed by atoms with Crippen molar-refractivity contribution in [1.29, 1.82) is 0 Å². The van der Waals surface area contributed by atoms with E-state index >= 15 is 0 Å². The van der Waals surface area contributed by atoms with E-state index in [1.54, 1.807) is 0 Å². The Morgan fingerprint density at radius 2 is 2.06 bits per heavy atom. The third kappa shape index (κ3) is 2.59. The second-order valence-corrected chi connectivity index (χ2v) is 6.11. The van der Waals surface area contributed by atoms with Crippen LogP contribution in [0.4, 0.5) is 5.69 Å². The highest BCUT2D eigenvalue weighted by Crippen LogP contribution is 2.35. The Morgan fingerprint density at radius 1 is 1.39 bits per heavy atom. The number of hydrogen-bond donors (Lipinski definition) is 2. The predicted molar refractivity (Wildman–Crippen MR) is 77.5 cm³/mol. The van der Waals surface area contributed by atoms with Crippen molar-refractivity contribution < 1.29 is 4.79 Å². The smallest absolute Gasteiger partial charge is 0.232 e. The zero-order valence-corrected chi connectivity index (χ0v) is 12.4. The van der Waals surface area contributed by atoms with Crippen LogP contribution in [0.5, 0.6) is 0 Å². The van der Waals surface area contributed by atoms with Crippen molar-refractivity contribution in [2.24, 2.45) is 11.3 Å². The lowest BCUT2D eigenvalue weighted by molar-refractivity contribution is -0.126. The zero-order chi connectivity index (χ0) is 13.2. The fraction of sp³-hybridized carbons (Fsp3) is 0.500. The van der Waals surface area contributed by atoms with Gasteiger partial charge in [-0.25, -0.2) is 0 Å². The number of hydrogen-bond acceptors (Lipinski definition) is 2. The molecule has 1 saturated heterocycles. The van der Waals surface area contributed by atoms with E-state index in [1.807, 2.05) is 24.3 Å². The summed E-state index contributed by atoms with van der Waals surface area (Å²) in [6, 6.07) is 7.70. The molecule has 1 amide bonds. The van der Waals surface area contributed by atoms with Crippen molar-refractivity contribution in [3.05, 3.63) is 28.7 Å². The normalized spacial score (nSPS) is 23.3. The molecule has 0 aliphatic carbocycles. The average molecular weight is 311 g/mol. The molecule has 98 valence electrons. The quantitative estimate of drug-likeness (QED) is 0.901. The van der Waals surface area contributed by atoms with E-state index in [2.05, 4.69) is 40.4 Å². The molecule has 3 nitrogen and oxygen atoms in total. The lowest BCUT2D eigenvalue weighted by Crippen LogP contribution is -2.42. The average Bonchev–Trinajstić information content (AvgIpc) is 2.82. The van der Waals surface area contributed by atoms with Gasteiger partial charge in [-0.05, 0) is 43.1 Å². The van der Waals surface area contributed by atoms with E-state index < -0.39 is 0 Å². The maximum absolute atomic E-state index is 12.5. The Hall–Kier alpha value is -0.870. The minimum Gasteiger partial charge on any atom is -0.326 e. The van der Waals surface area contributed by atoms with Crippen molar-refractivity contribution in [1.82, 2.24) is 5.32 Å². The number of nitrogens with one attached hydrogen (secondary N) is 2. The van der Waals surface area contributed by atoms with Crippen LogP contribution in [0.2, 0.25) is 0 Å². The Kier molecular flexibility index (Phi) is 4.07. The zero-order valence-electron chi connectivity index (χ0n) is 10.8. The third-order valence-electron chi connectivity index (χ3n) is 3.85. The topological polar surface area (TPSA) is 41.1 Å². The van der Waals surface area contributed by atoms with Gasteiger partial charge in [0.2, 0.25) is 5.91 Å². The second-order valence-electron chi connectivity index (χ2n) is 5.20. The monoisotopic (exact) mass is 310 g/mol. The Balaban J connectivity index is 2.13. The SMILES string of the molecule is CC(C)C1(C(=O)Nc2ccc(Br)cc2)CCNC1. The second kappa shape index (κ2) is 5.41. The highest BCUT2D eigenvalue weighted by Gasteiger charge is 2.43. The first-order valence-corrected chi connectivity index (χ1v) is 7.12. The molecule has 1 aliphatic heterocycles. The van der Waals surface area contributed by atoms with Gasteiger partial charge in [0.25, 0.3) is 0 Å². The summed E-state index contributed by atoms with van der Waals surface area (Å²) in [5, 5.41) is 6.34. The summed E-state index contributed by atoms with van der Waals surface area (Å²) in [5.41, 5.74) is 0.586. The van der Waals surface area contributed by atoms with E-state index in [0.717, 1.165) is 29.7 Å². The van der Waals surface area contributed by atoms with E-state index in [9.17, 15) is 4.79 Å². The molecule has 1 aromatic carbocycles. The largest absolute Gasteiger partial charge is 0.326 e. The number of anilines is 1. The van der Waals surface area contributed by atoms with Gasteiger partial charge in [-0.1, -0.05) is 29.8 Å². The van der Waals surface area contributed by atoms with Gasteiger partial charge >= 0.3 is 0 Å². The summed E-state index contributed by atoms with van der Waals surface area (Å²) in [6.45, 7) is 5.93. The molecule has 1 unspecified atom stereocenters. The number of carbonyl (C=O) groups is 1. The lowest BCUT2D eigenvalue weighted by atomic mass is 9.75. The molecule has 1 heterocycles. The number of benzene rings is 1. The van der Waals surface area contributed by atoms with Crippen molar-refractivity contribution in [3.8, 4) is 0 Å². The minimum absolute atomic E-state index is 0.129. The van der Waals surface area contributed by atoms with Crippen molar-refractivity contribution in [2.75, 3.05) is 18.4 Å². The van der Waals surface area contributed by atoms with Gasteiger partial charge in [0, 0.05) is 16.7 Å². The Labute approximate surface area is 116 Å². The van der Waals surface area contributed by atoms with Crippen LogP contribution in [0.3, 0.4) is 0 Å². The summed E-state index contributed by atoms with van der Waals surface area (Å²) < 4.78 is 1.02. The number of carbonyl (C=O) groups excluding carboxylic acids is 1. The van der Waals surface area contributed by atoms with E-state index in [1.165, 1.54) is 0 Å². The highest BCUT2D eigenvalue weighted by atomic mass is 79.9. The Morgan fingerprint density at radius 3 is 2.56 bits per heavy atom. The molecule has 0 radical (unpaired) electrons. The van der Waals surface area contributed by atoms with Crippen LogP contribution < -0.4 is 10.6 Å². The summed E-state index contributed by atoms with van der Waals surface area (Å²) in [7, 11) is 0. The van der Waals surface area contributed by atoms with Gasteiger partial charge in [0.1, 0.15) is 0 Å². The summed E-state index contributed by atoms with van der Waals surface area (Å²) in [5.74, 6) is 0.466. The first-order valence-electron chi connectivity index (χ1n) is 6.32. The fourth-order valence-electron chi connectivity index (χ4n) is 2.45. The van der Waals surface area contributed by atoms with Crippen molar-refractivity contribution >= 4 is 27.5 Å². The minimum atomic E-state index is -0.271. The van der Waals surface area contributed by atoms with E-state index in [0.29, 0.717) is 5.92 Å². The van der Waals surface area contributed by atoms with Gasteiger partial charge in [0.05, 0.1) is 5.41 Å². The maximum Gasteiger partial charge on any atom is 0.232 e.